The Morgan fingerprint density at radius 2 is 1.72 bits per heavy atom. The van der Waals surface area contributed by atoms with Gasteiger partial charge in [-0.15, -0.1) is 0 Å². The number of ether oxygens (including phenoxy) is 1. The van der Waals surface area contributed by atoms with E-state index in [1.807, 2.05) is 0 Å². The lowest BCUT2D eigenvalue weighted by Gasteiger charge is -1.91. The second kappa shape index (κ2) is 7.55. The Kier molecular flexibility index (Phi) is 5.61. The Morgan fingerprint density at radius 1 is 0.944 bits per heavy atom. The summed E-state index contributed by atoms with van der Waals surface area (Å²) in [7, 11) is 0. The monoisotopic (exact) mass is 247 g/mol. The molecule has 1 rings (SSSR count). The first-order chi connectivity index (χ1) is 8.68. The molecule has 7 nitrogen and oxygen atoms in total. The zero-order chi connectivity index (χ0) is 13.2. The molecule has 0 atom stereocenters. The van der Waals surface area contributed by atoms with Crippen molar-refractivity contribution >= 4 is 36.4 Å². The van der Waals surface area contributed by atoms with E-state index in [1.165, 1.54) is 12.3 Å². The van der Waals surface area contributed by atoms with Crippen LogP contribution in [0.5, 0.6) is 0 Å². The Labute approximate surface area is 102 Å². The molecule has 0 fully saturated rings. The normalized spacial score (nSPS) is 17.4. The Hall–Kier alpha value is -2.70. The van der Waals surface area contributed by atoms with Crippen LogP contribution in [-0.4, -0.2) is 43.0 Å². The highest BCUT2D eigenvalue weighted by atomic mass is 16.5. The Bertz CT molecular complexity index is 487. The maximum atomic E-state index is 11.1. The lowest BCUT2D eigenvalue weighted by Crippen LogP contribution is -2.00. The van der Waals surface area contributed by atoms with Gasteiger partial charge in [-0.25, -0.2) is 15.0 Å². The summed E-state index contributed by atoms with van der Waals surface area (Å²) in [5.41, 5.74) is 0. The van der Waals surface area contributed by atoms with E-state index in [9.17, 15) is 14.4 Å². The average molecular weight is 247 g/mol. The van der Waals surface area contributed by atoms with Crippen LogP contribution < -0.4 is 0 Å². The van der Waals surface area contributed by atoms with Crippen LogP contribution in [0.15, 0.2) is 39.5 Å². The van der Waals surface area contributed by atoms with E-state index in [0.29, 0.717) is 0 Å². The molecular weight excluding hydrogens is 238 g/mol. The van der Waals surface area contributed by atoms with Crippen LogP contribution in [0.1, 0.15) is 0 Å². The van der Waals surface area contributed by atoms with Crippen LogP contribution in [0.25, 0.3) is 0 Å². The van der Waals surface area contributed by atoms with E-state index in [2.05, 4.69) is 15.0 Å². The molecule has 0 unspecified atom stereocenters. The first-order valence-corrected chi connectivity index (χ1v) is 4.86. The van der Waals surface area contributed by atoms with Crippen LogP contribution in [0.3, 0.4) is 0 Å². The minimum absolute atomic E-state index is 0.0132. The van der Waals surface area contributed by atoms with Crippen molar-refractivity contribution in [3.05, 3.63) is 24.5 Å². The van der Waals surface area contributed by atoms with Crippen LogP contribution in [0.4, 0.5) is 0 Å². The molecule has 0 spiro atoms. The molecule has 0 N–H and O–H groups in total. The summed E-state index contributed by atoms with van der Waals surface area (Å²) in [6, 6.07) is 0. The van der Waals surface area contributed by atoms with Crippen molar-refractivity contribution in [2.75, 3.05) is 6.61 Å². The molecule has 7 heteroatoms. The van der Waals surface area contributed by atoms with Gasteiger partial charge in [0.25, 0.3) is 17.7 Å². The van der Waals surface area contributed by atoms with Crippen LogP contribution in [-0.2, 0) is 19.1 Å². The van der Waals surface area contributed by atoms with Crippen molar-refractivity contribution in [2.45, 2.75) is 0 Å². The minimum Gasteiger partial charge on any atom is -0.495 e. The summed E-state index contributed by atoms with van der Waals surface area (Å²) in [5, 5.41) is 0. The number of nitrogens with zero attached hydrogens (tertiary/aromatic N) is 3. The number of hydrogen-bond acceptors (Lipinski definition) is 4. The fraction of sp³-hybridized carbons (Fsp3) is 0.0909. The molecule has 0 radical (unpaired) electrons. The second-order valence-electron chi connectivity index (χ2n) is 2.86. The third kappa shape index (κ3) is 6.01. The number of rotatable bonds is 0. The number of carbonyl (C=O) groups excluding carboxylic acids is 3. The van der Waals surface area contributed by atoms with Gasteiger partial charge in [0.05, 0.1) is 12.5 Å². The third-order valence-corrected chi connectivity index (χ3v) is 1.53. The van der Waals surface area contributed by atoms with Crippen LogP contribution >= 0.6 is 0 Å². The molecule has 1 aliphatic heterocycles. The summed E-state index contributed by atoms with van der Waals surface area (Å²) in [6.07, 6.45) is 7.64. The standard InChI is InChI=1S/C11H9N3O4/c15-9-2-1-4-12-10(16)3-6-18-7-5-13-11(17)8-14-9/h1-6,8H,7H2. The molecule has 0 aliphatic carbocycles. The largest absolute Gasteiger partial charge is 0.495 e. The average Bonchev–Trinajstić information content (AvgIpc) is 2.35. The van der Waals surface area contributed by atoms with E-state index in [0.717, 1.165) is 30.8 Å². The molecular formula is C11H9N3O4. The molecule has 3 amide bonds. The number of carbonyl (C=O) groups is 3. The van der Waals surface area contributed by atoms with Crippen LogP contribution in [0.2, 0.25) is 0 Å². The zero-order valence-corrected chi connectivity index (χ0v) is 9.22. The molecule has 92 valence electrons. The van der Waals surface area contributed by atoms with Gasteiger partial charge in [-0.2, -0.15) is 0 Å². The Morgan fingerprint density at radius 3 is 2.56 bits per heavy atom. The fourth-order valence-corrected chi connectivity index (χ4v) is 0.812. The topological polar surface area (TPSA) is 97.5 Å². The van der Waals surface area contributed by atoms with Gasteiger partial charge in [0.15, 0.2) is 0 Å². The summed E-state index contributed by atoms with van der Waals surface area (Å²) in [4.78, 5) is 43.4. The van der Waals surface area contributed by atoms with E-state index in [-0.39, 0.29) is 6.61 Å². The predicted molar refractivity (Wildman–Crippen MR) is 64.7 cm³/mol. The van der Waals surface area contributed by atoms with Crippen molar-refractivity contribution in [2.24, 2.45) is 15.0 Å². The molecule has 0 aromatic rings. The van der Waals surface area contributed by atoms with E-state index >= 15 is 0 Å². The maximum absolute atomic E-state index is 11.1. The van der Waals surface area contributed by atoms with Crippen molar-refractivity contribution in [1.29, 1.82) is 0 Å². The number of aliphatic imine (C=N–C) groups is 3. The van der Waals surface area contributed by atoms with Gasteiger partial charge in [0, 0.05) is 24.6 Å². The zero-order valence-electron chi connectivity index (χ0n) is 9.22. The molecule has 1 heterocycles. The highest BCUT2D eigenvalue weighted by Gasteiger charge is 1.95. The number of amides is 3. The second-order valence-corrected chi connectivity index (χ2v) is 2.86. The van der Waals surface area contributed by atoms with Gasteiger partial charge >= 0.3 is 0 Å². The maximum Gasteiger partial charge on any atom is 0.288 e. The van der Waals surface area contributed by atoms with Gasteiger partial charge in [-0.05, 0) is 6.08 Å². The van der Waals surface area contributed by atoms with Gasteiger partial charge in [0.2, 0.25) is 0 Å². The quantitative estimate of drug-likeness (QED) is 0.595. The highest BCUT2D eigenvalue weighted by molar-refractivity contribution is 6.30. The summed E-state index contributed by atoms with van der Waals surface area (Å²) >= 11 is 0. The summed E-state index contributed by atoms with van der Waals surface area (Å²) < 4.78 is 4.84. The van der Waals surface area contributed by atoms with E-state index in [4.69, 9.17) is 4.74 Å². The first kappa shape index (κ1) is 13.4. The summed E-state index contributed by atoms with van der Waals surface area (Å²) in [5.74, 6) is -1.87. The molecule has 18 heavy (non-hydrogen) atoms. The molecule has 0 aromatic heterocycles. The molecule has 0 saturated carbocycles. The summed E-state index contributed by atoms with van der Waals surface area (Å²) in [6.45, 7) is 0.0132. The predicted octanol–water partition coefficient (Wildman–Crippen LogP) is -0.121. The third-order valence-electron chi connectivity index (χ3n) is 1.53. The van der Waals surface area contributed by atoms with Crippen molar-refractivity contribution in [3.8, 4) is 0 Å². The fourth-order valence-electron chi connectivity index (χ4n) is 0.812. The first-order valence-electron chi connectivity index (χ1n) is 4.86. The van der Waals surface area contributed by atoms with Gasteiger partial charge in [-0.3, -0.25) is 14.4 Å². The lowest BCUT2D eigenvalue weighted by atomic mass is 10.5. The van der Waals surface area contributed by atoms with Crippen molar-refractivity contribution in [1.82, 2.24) is 0 Å². The van der Waals surface area contributed by atoms with Gasteiger partial charge in [-0.1, -0.05) is 0 Å². The van der Waals surface area contributed by atoms with Gasteiger partial charge < -0.3 is 4.74 Å². The van der Waals surface area contributed by atoms with Gasteiger partial charge in [0.1, 0.15) is 6.61 Å². The highest BCUT2D eigenvalue weighted by Crippen LogP contribution is 1.84. The molecule has 1 aliphatic rings. The van der Waals surface area contributed by atoms with Crippen molar-refractivity contribution in [3.63, 3.8) is 0 Å². The van der Waals surface area contributed by atoms with Crippen molar-refractivity contribution < 1.29 is 19.1 Å². The SMILES string of the molecule is O=C1C=COCC=NC(=O)C=NC(=O)C=CC=N1. The lowest BCUT2D eigenvalue weighted by molar-refractivity contribution is -0.114. The number of allylic oxidation sites excluding steroid dienone is 1. The molecule has 0 bridgehead atoms. The number of hydrogen-bond donors (Lipinski definition) is 0. The molecule has 0 aromatic carbocycles. The Balaban J connectivity index is 2.80. The minimum atomic E-state index is -0.677. The molecule has 0 saturated heterocycles. The van der Waals surface area contributed by atoms with Crippen LogP contribution in [0, 0.1) is 0 Å². The van der Waals surface area contributed by atoms with E-state index < -0.39 is 17.7 Å². The smallest absolute Gasteiger partial charge is 0.288 e. The van der Waals surface area contributed by atoms with E-state index in [1.54, 1.807) is 0 Å².